The number of esters is 1. The van der Waals surface area contributed by atoms with Gasteiger partial charge in [-0.1, -0.05) is 42.5 Å². The molecule has 1 aromatic rings. The van der Waals surface area contributed by atoms with Crippen molar-refractivity contribution in [3.63, 3.8) is 0 Å². The van der Waals surface area contributed by atoms with Crippen molar-refractivity contribution in [2.45, 2.75) is 13.8 Å². The Labute approximate surface area is 96.2 Å². The third-order valence-corrected chi connectivity index (χ3v) is 2.09. The van der Waals surface area contributed by atoms with Gasteiger partial charge in [-0.05, 0) is 25.0 Å². The first-order chi connectivity index (χ1) is 7.65. The number of rotatable bonds is 4. The van der Waals surface area contributed by atoms with Crippen molar-refractivity contribution in [1.82, 2.24) is 0 Å². The van der Waals surface area contributed by atoms with E-state index in [1.54, 1.807) is 6.92 Å². The predicted octanol–water partition coefficient (Wildman–Crippen LogP) is 3.21. The first-order valence-electron chi connectivity index (χ1n) is 5.25. The van der Waals surface area contributed by atoms with Gasteiger partial charge in [-0.3, -0.25) is 0 Å². The Morgan fingerprint density at radius 2 is 2.00 bits per heavy atom. The van der Waals surface area contributed by atoms with E-state index >= 15 is 0 Å². The predicted molar refractivity (Wildman–Crippen MR) is 65.9 cm³/mol. The first kappa shape index (κ1) is 12.2. The molecule has 0 aliphatic heterocycles. The van der Waals surface area contributed by atoms with Crippen LogP contribution in [0.4, 0.5) is 0 Å². The van der Waals surface area contributed by atoms with Crippen molar-refractivity contribution < 1.29 is 9.53 Å². The van der Waals surface area contributed by atoms with Gasteiger partial charge in [-0.15, -0.1) is 0 Å². The molecule has 0 unspecified atom stereocenters. The number of benzene rings is 1. The van der Waals surface area contributed by atoms with E-state index in [1.165, 1.54) is 6.08 Å². The minimum Gasteiger partial charge on any atom is -0.463 e. The molecular weight excluding hydrogens is 200 g/mol. The average Bonchev–Trinajstić information content (AvgIpc) is 2.27. The fourth-order valence-electron chi connectivity index (χ4n) is 1.37. The maximum atomic E-state index is 11.4. The summed E-state index contributed by atoms with van der Waals surface area (Å²) >= 11 is 0. The van der Waals surface area contributed by atoms with Crippen LogP contribution in [0.5, 0.6) is 0 Å². The van der Waals surface area contributed by atoms with Crippen LogP contribution in [0.15, 0.2) is 48.6 Å². The van der Waals surface area contributed by atoms with E-state index in [9.17, 15) is 4.79 Å². The Balaban J connectivity index is 3.01. The number of allylic oxidation sites excluding steroid dienone is 2. The zero-order valence-electron chi connectivity index (χ0n) is 9.69. The maximum absolute atomic E-state index is 11.4. The molecular formula is C14H16O2. The number of carbonyl (C=O) groups excluding carboxylic acids is 1. The fourth-order valence-corrected chi connectivity index (χ4v) is 1.37. The lowest BCUT2D eigenvalue weighted by Gasteiger charge is -2.07. The van der Waals surface area contributed by atoms with Crippen molar-refractivity contribution in [3.05, 3.63) is 54.1 Å². The summed E-state index contributed by atoms with van der Waals surface area (Å²) in [7, 11) is 0. The zero-order valence-corrected chi connectivity index (χ0v) is 9.69. The van der Waals surface area contributed by atoms with Crippen LogP contribution in [0.2, 0.25) is 0 Å². The number of carbonyl (C=O) groups is 1. The largest absolute Gasteiger partial charge is 0.463 e. The molecule has 0 amide bonds. The third-order valence-electron chi connectivity index (χ3n) is 2.09. The summed E-state index contributed by atoms with van der Waals surface area (Å²) in [6.45, 7) is 7.91. The monoisotopic (exact) mass is 216 g/mol. The number of hydrogen-bond donors (Lipinski definition) is 0. The minimum absolute atomic E-state index is 0.329. The molecule has 2 nitrogen and oxygen atoms in total. The highest BCUT2D eigenvalue weighted by molar-refractivity contribution is 5.95. The molecule has 0 radical (unpaired) electrons. The van der Waals surface area contributed by atoms with E-state index < -0.39 is 0 Å². The van der Waals surface area contributed by atoms with Crippen LogP contribution in [0.1, 0.15) is 19.4 Å². The smallest absolute Gasteiger partial charge is 0.331 e. The maximum Gasteiger partial charge on any atom is 0.331 e. The van der Waals surface area contributed by atoms with Crippen LogP contribution in [-0.2, 0) is 9.53 Å². The van der Waals surface area contributed by atoms with E-state index in [1.807, 2.05) is 37.3 Å². The van der Waals surface area contributed by atoms with E-state index in [0.29, 0.717) is 6.61 Å². The molecule has 0 aliphatic rings. The lowest BCUT2D eigenvalue weighted by Crippen LogP contribution is -2.01. The normalized spacial score (nSPS) is 11.0. The summed E-state index contributed by atoms with van der Waals surface area (Å²) in [5, 5.41) is 0. The van der Waals surface area contributed by atoms with Gasteiger partial charge in [-0.25, -0.2) is 4.79 Å². The van der Waals surface area contributed by atoms with Crippen LogP contribution in [0, 0.1) is 0 Å². The quantitative estimate of drug-likeness (QED) is 0.439. The summed E-state index contributed by atoms with van der Waals surface area (Å²) in [5.41, 5.74) is 2.64. The molecule has 0 aliphatic carbocycles. The van der Waals surface area contributed by atoms with Gasteiger partial charge >= 0.3 is 5.97 Å². The van der Waals surface area contributed by atoms with Gasteiger partial charge < -0.3 is 4.74 Å². The second kappa shape index (κ2) is 5.91. The molecule has 0 saturated heterocycles. The molecule has 16 heavy (non-hydrogen) atoms. The summed E-state index contributed by atoms with van der Waals surface area (Å²) < 4.78 is 4.89. The van der Waals surface area contributed by atoms with E-state index in [2.05, 4.69) is 6.58 Å². The number of hydrogen-bond acceptors (Lipinski definition) is 2. The van der Waals surface area contributed by atoms with Gasteiger partial charge in [0.2, 0.25) is 0 Å². The summed E-state index contributed by atoms with van der Waals surface area (Å²) in [5.74, 6) is -0.329. The van der Waals surface area contributed by atoms with Gasteiger partial charge in [0.1, 0.15) is 0 Å². The molecule has 0 spiro atoms. The topological polar surface area (TPSA) is 26.3 Å². The van der Waals surface area contributed by atoms with Gasteiger partial charge in [0.05, 0.1) is 6.61 Å². The molecule has 1 rings (SSSR count). The van der Waals surface area contributed by atoms with E-state index in [-0.39, 0.29) is 5.97 Å². The standard InChI is InChI=1S/C14H16O2/c1-4-16-14(15)10-13(11(2)3)12-8-6-5-7-9-12/h5-10H,2,4H2,1,3H3/b13-10-. The molecule has 0 saturated carbocycles. The molecule has 0 fully saturated rings. The lowest BCUT2D eigenvalue weighted by atomic mass is 10.00. The highest BCUT2D eigenvalue weighted by Gasteiger charge is 2.05. The Bertz CT molecular complexity index is 402. The third kappa shape index (κ3) is 3.39. The SMILES string of the molecule is C=C(C)/C(=C/C(=O)OCC)c1ccccc1. The highest BCUT2D eigenvalue weighted by atomic mass is 16.5. The van der Waals surface area contributed by atoms with E-state index in [4.69, 9.17) is 4.74 Å². The number of ether oxygens (including phenoxy) is 1. The summed E-state index contributed by atoms with van der Waals surface area (Å²) in [6.07, 6.45) is 1.49. The zero-order chi connectivity index (χ0) is 12.0. The molecule has 0 N–H and O–H groups in total. The van der Waals surface area contributed by atoms with Crippen LogP contribution in [0.3, 0.4) is 0 Å². The average molecular weight is 216 g/mol. The van der Waals surface area contributed by atoms with Crippen LogP contribution < -0.4 is 0 Å². The molecule has 84 valence electrons. The molecule has 0 aromatic heterocycles. The highest BCUT2D eigenvalue weighted by Crippen LogP contribution is 2.21. The van der Waals surface area contributed by atoms with Gasteiger partial charge in [-0.2, -0.15) is 0 Å². The first-order valence-corrected chi connectivity index (χ1v) is 5.25. The second-order valence-corrected chi connectivity index (χ2v) is 3.46. The van der Waals surface area contributed by atoms with Gasteiger partial charge in [0.25, 0.3) is 0 Å². The van der Waals surface area contributed by atoms with Gasteiger partial charge in [0.15, 0.2) is 0 Å². The van der Waals surface area contributed by atoms with Crippen LogP contribution in [0.25, 0.3) is 5.57 Å². The summed E-state index contributed by atoms with van der Waals surface area (Å²) in [6, 6.07) is 9.68. The van der Waals surface area contributed by atoms with Crippen LogP contribution in [-0.4, -0.2) is 12.6 Å². The van der Waals surface area contributed by atoms with Crippen molar-refractivity contribution in [1.29, 1.82) is 0 Å². The minimum atomic E-state index is -0.329. The summed E-state index contributed by atoms with van der Waals surface area (Å²) in [4.78, 5) is 11.4. The molecule has 0 bridgehead atoms. The van der Waals surface area contributed by atoms with Crippen molar-refractivity contribution in [3.8, 4) is 0 Å². The van der Waals surface area contributed by atoms with Crippen molar-refractivity contribution >= 4 is 11.5 Å². The molecule has 0 heterocycles. The van der Waals surface area contributed by atoms with Crippen molar-refractivity contribution in [2.75, 3.05) is 6.61 Å². The molecule has 2 heteroatoms. The molecule has 0 atom stereocenters. The molecule has 1 aromatic carbocycles. The Morgan fingerprint density at radius 1 is 1.38 bits per heavy atom. The van der Waals surface area contributed by atoms with Crippen LogP contribution >= 0.6 is 0 Å². The Kier molecular flexibility index (Phi) is 4.52. The van der Waals surface area contributed by atoms with E-state index in [0.717, 1.165) is 16.7 Å². The van der Waals surface area contributed by atoms with Crippen molar-refractivity contribution in [2.24, 2.45) is 0 Å². The second-order valence-electron chi connectivity index (χ2n) is 3.46. The Hall–Kier alpha value is -1.83. The van der Waals surface area contributed by atoms with Gasteiger partial charge in [0, 0.05) is 6.08 Å². The Morgan fingerprint density at radius 3 is 2.50 bits per heavy atom. The fraction of sp³-hybridized carbons (Fsp3) is 0.214. The lowest BCUT2D eigenvalue weighted by molar-refractivity contribution is -0.137.